The van der Waals surface area contributed by atoms with Crippen LogP contribution in [0.15, 0.2) is 91.0 Å². The van der Waals surface area contributed by atoms with Crippen molar-refractivity contribution in [2.75, 3.05) is 11.9 Å². The highest BCUT2D eigenvalue weighted by Crippen LogP contribution is 2.28. The molecule has 1 atom stereocenters. The van der Waals surface area contributed by atoms with Crippen LogP contribution in [-0.4, -0.2) is 17.3 Å². The molecule has 6 heteroatoms. The summed E-state index contributed by atoms with van der Waals surface area (Å²) < 4.78 is 5.53. The third kappa shape index (κ3) is 5.36. The molecule has 4 aromatic rings. The molecule has 4 rings (SSSR count). The Kier molecular flexibility index (Phi) is 6.64. The van der Waals surface area contributed by atoms with E-state index in [2.05, 4.69) is 5.32 Å². The van der Waals surface area contributed by atoms with Gasteiger partial charge < -0.3 is 10.1 Å². The SMILES string of the molecule is CCOc1ccc(C(CC(=O)c2ccc3ccccc3c2)Nc2cccc([N+](=O)[O-])c2)cc1. The lowest BCUT2D eigenvalue weighted by Gasteiger charge is -2.20. The molecule has 166 valence electrons. The van der Waals surface area contributed by atoms with E-state index in [-0.39, 0.29) is 23.9 Å². The monoisotopic (exact) mass is 440 g/mol. The number of ketones is 1. The second kappa shape index (κ2) is 9.96. The van der Waals surface area contributed by atoms with Gasteiger partial charge in [0.25, 0.3) is 5.69 Å². The smallest absolute Gasteiger partial charge is 0.271 e. The van der Waals surface area contributed by atoms with Gasteiger partial charge in [0.05, 0.1) is 17.6 Å². The number of hydrogen-bond donors (Lipinski definition) is 1. The number of nitrogens with zero attached hydrogens (tertiary/aromatic N) is 1. The quantitative estimate of drug-likeness (QED) is 0.181. The maximum atomic E-state index is 13.2. The van der Waals surface area contributed by atoms with E-state index in [1.807, 2.05) is 73.7 Å². The van der Waals surface area contributed by atoms with Crippen LogP contribution in [0.4, 0.5) is 11.4 Å². The zero-order valence-electron chi connectivity index (χ0n) is 18.2. The number of non-ortho nitro benzene ring substituents is 1. The van der Waals surface area contributed by atoms with Gasteiger partial charge in [-0.15, -0.1) is 0 Å². The number of nitrogens with one attached hydrogen (secondary N) is 1. The van der Waals surface area contributed by atoms with E-state index >= 15 is 0 Å². The molecule has 0 aliphatic rings. The minimum absolute atomic E-state index is 0.00806. The maximum Gasteiger partial charge on any atom is 0.271 e. The average Bonchev–Trinajstić information content (AvgIpc) is 2.84. The molecule has 1 N–H and O–H groups in total. The van der Waals surface area contributed by atoms with Gasteiger partial charge >= 0.3 is 0 Å². The van der Waals surface area contributed by atoms with Gasteiger partial charge in [-0.1, -0.05) is 54.6 Å². The van der Waals surface area contributed by atoms with Gasteiger partial charge in [-0.25, -0.2) is 0 Å². The third-order valence-electron chi connectivity index (χ3n) is 5.45. The van der Waals surface area contributed by atoms with E-state index in [0.29, 0.717) is 17.9 Å². The van der Waals surface area contributed by atoms with Gasteiger partial charge in [0.2, 0.25) is 0 Å². The molecule has 4 aromatic carbocycles. The van der Waals surface area contributed by atoms with Crippen LogP contribution >= 0.6 is 0 Å². The summed E-state index contributed by atoms with van der Waals surface area (Å²) in [6.07, 6.45) is 0.189. The average molecular weight is 440 g/mol. The molecule has 0 saturated heterocycles. The summed E-state index contributed by atoms with van der Waals surface area (Å²) in [6.45, 7) is 2.48. The fourth-order valence-electron chi connectivity index (χ4n) is 3.79. The number of rotatable bonds is 9. The topological polar surface area (TPSA) is 81.5 Å². The molecule has 0 amide bonds. The Hall–Kier alpha value is -4.19. The molecule has 0 bridgehead atoms. The Balaban J connectivity index is 1.62. The van der Waals surface area contributed by atoms with Crippen LogP contribution in [0.3, 0.4) is 0 Å². The Morgan fingerprint density at radius 2 is 1.70 bits per heavy atom. The van der Waals surface area contributed by atoms with E-state index in [1.54, 1.807) is 12.1 Å². The van der Waals surface area contributed by atoms with Crippen molar-refractivity contribution in [1.29, 1.82) is 0 Å². The number of fused-ring (bicyclic) bond motifs is 1. The summed E-state index contributed by atoms with van der Waals surface area (Å²) >= 11 is 0. The Morgan fingerprint density at radius 3 is 2.42 bits per heavy atom. The number of Topliss-reactive ketones (excluding diaryl/α,β-unsaturated/α-hetero) is 1. The first-order valence-corrected chi connectivity index (χ1v) is 10.8. The van der Waals surface area contributed by atoms with E-state index < -0.39 is 4.92 Å². The highest BCUT2D eigenvalue weighted by atomic mass is 16.6. The van der Waals surface area contributed by atoms with Crippen molar-refractivity contribution in [1.82, 2.24) is 0 Å². The summed E-state index contributed by atoms with van der Waals surface area (Å²) in [6, 6.07) is 27.1. The predicted molar refractivity (Wildman–Crippen MR) is 130 cm³/mol. The minimum atomic E-state index is -0.433. The first-order chi connectivity index (χ1) is 16.0. The van der Waals surface area contributed by atoms with Gasteiger partial charge in [0.15, 0.2) is 5.78 Å². The van der Waals surface area contributed by atoms with Gasteiger partial charge in [0.1, 0.15) is 5.75 Å². The number of ether oxygens (including phenoxy) is 1. The molecule has 0 saturated carbocycles. The summed E-state index contributed by atoms with van der Waals surface area (Å²) in [5, 5.41) is 16.6. The van der Waals surface area contributed by atoms with Crippen LogP contribution in [-0.2, 0) is 0 Å². The fraction of sp³-hybridized carbons (Fsp3) is 0.148. The summed E-state index contributed by atoms with van der Waals surface area (Å²) in [5.41, 5.74) is 2.09. The predicted octanol–water partition coefficient (Wildman–Crippen LogP) is 6.57. The van der Waals surface area contributed by atoms with Crippen LogP contribution in [0, 0.1) is 10.1 Å². The summed E-state index contributed by atoms with van der Waals surface area (Å²) in [4.78, 5) is 24.0. The zero-order valence-corrected chi connectivity index (χ0v) is 18.2. The van der Waals surface area contributed by atoms with Crippen LogP contribution in [0.2, 0.25) is 0 Å². The van der Waals surface area contributed by atoms with Crippen molar-refractivity contribution >= 4 is 27.9 Å². The first kappa shape index (κ1) is 22.0. The molecular weight excluding hydrogens is 416 g/mol. The number of benzene rings is 4. The molecule has 6 nitrogen and oxygen atoms in total. The number of nitro groups is 1. The molecule has 0 radical (unpaired) electrons. The lowest BCUT2D eigenvalue weighted by atomic mass is 9.96. The number of carbonyl (C=O) groups excluding carboxylic acids is 1. The highest BCUT2D eigenvalue weighted by Gasteiger charge is 2.19. The molecule has 0 heterocycles. The highest BCUT2D eigenvalue weighted by molar-refractivity contribution is 6.00. The van der Waals surface area contributed by atoms with Crippen LogP contribution < -0.4 is 10.1 Å². The normalized spacial score (nSPS) is 11.7. The van der Waals surface area contributed by atoms with Crippen molar-refractivity contribution in [2.24, 2.45) is 0 Å². The second-order valence-electron chi connectivity index (χ2n) is 7.70. The molecular formula is C27H24N2O4. The number of carbonyl (C=O) groups is 1. The Bertz CT molecular complexity index is 1280. The van der Waals surface area contributed by atoms with Crippen molar-refractivity contribution in [2.45, 2.75) is 19.4 Å². The minimum Gasteiger partial charge on any atom is -0.494 e. The van der Waals surface area contributed by atoms with E-state index in [9.17, 15) is 14.9 Å². The van der Waals surface area contributed by atoms with Crippen molar-refractivity contribution < 1.29 is 14.5 Å². The van der Waals surface area contributed by atoms with E-state index in [4.69, 9.17) is 4.74 Å². The van der Waals surface area contributed by atoms with Crippen molar-refractivity contribution in [3.8, 4) is 5.75 Å². The molecule has 1 unspecified atom stereocenters. The Morgan fingerprint density at radius 1 is 0.939 bits per heavy atom. The van der Waals surface area contributed by atoms with E-state index in [0.717, 1.165) is 22.1 Å². The fourth-order valence-corrected chi connectivity index (χ4v) is 3.79. The van der Waals surface area contributed by atoms with Gasteiger partial charge in [-0.3, -0.25) is 14.9 Å². The summed E-state index contributed by atoms with van der Waals surface area (Å²) in [7, 11) is 0. The Labute approximate surface area is 192 Å². The molecule has 0 spiro atoms. The van der Waals surface area contributed by atoms with Gasteiger partial charge in [-0.2, -0.15) is 0 Å². The zero-order chi connectivity index (χ0) is 23.2. The lowest BCUT2D eigenvalue weighted by Crippen LogP contribution is -2.16. The standard InChI is InChI=1S/C27H24N2O4/c1-2-33-25-14-12-20(13-15-25)26(28-23-8-5-9-24(17-23)29(31)32)18-27(30)22-11-10-19-6-3-4-7-21(19)16-22/h3-17,26,28H,2,18H2,1H3. The number of nitro benzene ring substituents is 1. The number of hydrogen-bond acceptors (Lipinski definition) is 5. The van der Waals surface area contributed by atoms with Crippen LogP contribution in [0.5, 0.6) is 5.75 Å². The van der Waals surface area contributed by atoms with Crippen LogP contribution in [0.1, 0.15) is 35.3 Å². The lowest BCUT2D eigenvalue weighted by molar-refractivity contribution is -0.384. The molecule has 0 aliphatic heterocycles. The first-order valence-electron chi connectivity index (χ1n) is 10.8. The van der Waals surface area contributed by atoms with E-state index in [1.165, 1.54) is 12.1 Å². The van der Waals surface area contributed by atoms with Crippen molar-refractivity contribution in [3.63, 3.8) is 0 Å². The second-order valence-corrected chi connectivity index (χ2v) is 7.70. The molecule has 0 fully saturated rings. The maximum absolute atomic E-state index is 13.2. The van der Waals surface area contributed by atoms with Gasteiger partial charge in [-0.05, 0) is 47.5 Å². The summed E-state index contributed by atoms with van der Waals surface area (Å²) in [5.74, 6) is 0.730. The largest absolute Gasteiger partial charge is 0.494 e. The van der Waals surface area contributed by atoms with Crippen molar-refractivity contribution in [3.05, 3.63) is 112 Å². The van der Waals surface area contributed by atoms with Crippen LogP contribution in [0.25, 0.3) is 10.8 Å². The van der Waals surface area contributed by atoms with Gasteiger partial charge in [0, 0.05) is 29.8 Å². The number of anilines is 1. The molecule has 0 aliphatic carbocycles. The third-order valence-corrected chi connectivity index (χ3v) is 5.45. The molecule has 0 aromatic heterocycles. The molecule has 33 heavy (non-hydrogen) atoms.